The number of alkyl halides is 3. The van der Waals surface area contributed by atoms with E-state index in [1.807, 2.05) is 30.3 Å². The van der Waals surface area contributed by atoms with Crippen molar-refractivity contribution in [2.75, 3.05) is 0 Å². The maximum Gasteiger partial charge on any atom is 0.416 e. The van der Waals surface area contributed by atoms with Crippen LogP contribution in [0.1, 0.15) is 16.7 Å². The third kappa shape index (κ3) is 4.91. The van der Waals surface area contributed by atoms with Gasteiger partial charge in [0.05, 0.1) is 12.0 Å². The van der Waals surface area contributed by atoms with Crippen molar-refractivity contribution in [2.45, 2.75) is 19.2 Å². The average Bonchev–Trinajstić information content (AvgIpc) is 2.67. The van der Waals surface area contributed by atoms with Crippen LogP contribution in [-0.4, -0.2) is 11.1 Å². The van der Waals surface area contributed by atoms with Crippen LogP contribution in [0, 0.1) is 0 Å². The van der Waals surface area contributed by atoms with E-state index in [0.29, 0.717) is 22.4 Å². The lowest BCUT2D eigenvalue weighted by Crippen LogP contribution is -2.05. The Balaban J connectivity index is 1.99. The van der Waals surface area contributed by atoms with Crippen LogP contribution in [-0.2, 0) is 24.0 Å². The highest BCUT2D eigenvalue weighted by Crippen LogP contribution is 2.36. The Morgan fingerprint density at radius 2 is 1.64 bits per heavy atom. The van der Waals surface area contributed by atoms with Gasteiger partial charge < -0.3 is 9.84 Å². The molecule has 3 rings (SSSR count). The van der Waals surface area contributed by atoms with Crippen molar-refractivity contribution in [3.05, 3.63) is 89.5 Å². The zero-order chi connectivity index (χ0) is 20.1. The number of carboxylic acid groups (broad SMARTS) is 1. The molecule has 0 atom stereocenters. The second kappa shape index (κ2) is 8.17. The SMILES string of the molecule is O=C(O)Cc1ccc(OCc2ccccc2)c(-c2cccc(C(F)(F)F)c2)c1. The molecule has 0 amide bonds. The molecule has 3 aromatic carbocycles. The van der Waals surface area contributed by atoms with Crippen molar-refractivity contribution in [3.8, 4) is 16.9 Å². The molecule has 0 aliphatic rings. The molecule has 6 heteroatoms. The topological polar surface area (TPSA) is 46.5 Å². The van der Waals surface area contributed by atoms with Gasteiger partial charge in [-0.15, -0.1) is 0 Å². The fourth-order valence-electron chi connectivity index (χ4n) is 2.81. The highest BCUT2D eigenvalue weighted by Gasteiger charge is 2.30. The van der Waals surface area contributed by atoms with Crippen LogP contribution in [0.15, 0.2) is 72.8 Å². The van der Waals surface area contributed by atoms with Crippen LogP contribution < -0.4 is 4.74 Å². The molecule has 0 unspecified atom stereocenters. The third-order valence-corrected chi connectivity index (χ3v) is 4.14. The first kappa shape index (κ1) is 19.5. The molecule has 28 heavy (non-hydrogen) atoms. The number of aliphatic carboxylic acids is 1. The number of carboxylic acids is 1. The summed E-state index contributed by atoms with van der Waals surface area (Å²) >= 11 is 0. The van der Waals surface area contributed by atoms with Crippen LogP contribution in [0.4, 0.5) is 13.2 Å². The minimum Gasteiger partial charge on any atom is -0.488 e. The van der Waals surface area contributed by atoms with E-state index in [2.05, 4.69) is 0 Å². The minimum atomic E-state index is -4.47. The van der Waals surface area contributed by atoms with E-state index in [-0.39, 0.29) is 13.0 Å². The Morgan fingerprint density at radius 1 is 0.893 bits per heavy atom. The molecule has 0 aliphatic heterocycles. The molecular weight excluding hydrogens is 369 g/mol. The summed E-state index contributed by atoms with van der Waals surface area (Å²) in [6, 6.07) is 19.0. The van der Waals surface area contributed by atoms with E-state index in [1.165, 1.54) is 6.07 Å². The van der Waals surface area contributed by atoms with Gasteiger partial charge in [-0.2, -0.15) is 13.2 Å². The molecule has 0 aliphatic carbocycles. The Morgan fingerprint density at radius 3 is 2.32 bits per heavy atom. The summed E-state index contributed by atoms with van der Waals surface area (Å²) in [6.07, 6.45) is -4.70. The predicted octanol–water partition coefficient (Wildman–Crippen LogP) is 5.58. The third-order valence-electron chi connectivity index (χ3n) is 4.14. The average molecular weight is 386 g/mol. The number of hydrogen-bond donors (Lipinski definition) is 1. The molecule has 0 aromatic heterocycles. The van der Waals surface area contributed by atoms with E-state index in [1.54, 1.807) is 24.3 Å². The number of carbonyl (C=O) groups is 1. The van der Waals surface area contributed by atoms with Crippen molar-refractivity contribution < 1.29 is 27.8 Å². The number of halogens is 3. The van der Waals surface area contributed by atoms with Gasteiger partial charge in [0.1, 0.15) is 12.4 Å². The van der Waals surface area contributed by atoms with Crippen LogP contribution in [0.2, 0.25) is 0 Å². The number of benzene rings is 3. The van der Waals surface area contributed by atoms with Crippen molar-refractivity contribution >= 4 is 5.97 Å². The molecule has 0 radical (unpaired) electrons. The summed E-state index contributed by atoms with van der Waals surface area (Å²) in [6.45, 7) is 0.241. The summed E-state index contributed by atoms with van der Waals surface area (Å²) in [5, 5.41) is 9.02. The largest absolute Gasteiger partial charge is 0.488 e. The molecule has 0 saturated heterocycles. The van der Waals surface area contributed by atoms with Gasteiger partial charge in [0.2, 0.25) is 0 Å². The van der Waals surface area contributed by atoms with Gasteiger partial charge in [-0.3, -0.25) is 4.79 Å². The first-order chi connectivity index (χ1) is 13.3. The van der Waals surface area contributed by atoms with E-state index in [4.69, 9.17) is 9.84 Å². The summed E-state index contributed by atoms with van der Waals surface area (Å²) in [5.74, 6) is -0.634. The molecule has 0 spiro atoms. The molecule has 0 bridgehead atoms. The van der Waals surface area contributed by atoms with Gasteiger partial charge in [0.25, 0.3) is 0 Å². The molecule has 0 saturated carbocycles. The Bertz CT molecular complexity index is 966. The normalized spacial score (nSPS) is 11.2. The lowest BCUT2D eigenvalue weighted by molar-refractivity contribution is -0.138. The van der Waals surface area contributed by atoms with E-state index >= 15 is 0 Å². The van der Waals surface area contributed by atoms with Crippen LogP contribution >= 0.6 is 0 Å². The molecule has 144 valence electrons. The van der Waals surface area contributed by atoms with Gasteiger partial charge in [0.15, 0.2) is 0 Å². The smallest absolute Gasteiger partial charge is 0.416 e. The van der Waals surface area contributed by atoms with Crippen LogP contribution in [0.3, 0.4) is 0 Å². The van der Waals surface area contributed by atoms with Gasteiger partial charge in [-0.05, 0) is 41.0 Å². The molecule has 3 nitrogen and oxygen atoms in total. The van der Waals surface area contributed by atoms with E-state index in [9.17, 15) is 18.0 Å². The van der Waals surface area contributed by atoms with Gasteiger partial charge in [-0.1, -0.05) is 48.5 Å². The highest BCUT2D eigenvalue weighted by atomic mass is 19.4. The highest BCUT2D eigenvalue weighted by molar-refractivity contribution is 5.75. The van der Waals surface area contributed by atoms with Crippen molar-refractivity contribution in [2.24, 2.45) is 0 Å². The van der Waals surface area contributed by atoms with Gasteiger partial charge in [-0.25, -0.2) is 0 Å². The number of ether oxygens (including phenoxy) is 1. The predicted molar refractivity (Wildman–Crippen MR) is 99.0 cm³/mol. The molecular formula is C22H17F3O3. The fraction of sp³-hybridized carbons (Fsp3) is 0.136. The number of rotatable bonds is 6. The summed E-state index contributed by atoms with van der Waals surface area (Å²) < 4.78 is 45.1. The van der Waals surface area contributed by atoms with Crippen LogP contribution in [0.5, 0.6) is 5.75 Å². The summed E-state index contributed by atoms with van der Waals surface area (Å²) in [5.41, 5.74) is 1.34. The Hall–Kier alpha value is -3.28. The quantitative estimate of drug-likeness (QED) is 0.602. The summed E-state index contributed by atoms with van der Waals surface area (Å²) in [7, 11) is 0. The minimum absolute atomic E-state index is 0.231. The molecule has 3 aromatic rings. The first-order valence-electron chi connectivity index (χ1n) is 8.52. The zero-order valence-electron chi connectivity index (χ0n) is 14.7. The summed E-state index contributed by atoms with van der Waals surface area (Å²) in [4.78, 5) is 11.0. The second-order valence-corrected chi connectivity index (χ2v) is 6.25. The number of hydrogen-bond acceptors (Lipinski definition) is 2. The van der Waals surface area contributed by atoms with Crippen molar-refractivity contribution in [1.29, 1.82) is 0 Å². The van der Waals surface area contributed by atoms with Gasteiger partial charge >= 0.3 is 12.1 Å². The fourth-order valence-corrected chi connectivity index (χ4v) is 2.81. The van der Waals surface area contributed by atoms with Crippen LogP contribution in [0.25, 0.3) is 11.1 Å². The monoisotopic (exact) mass is 386 g/mol. The maximum absolute atomic E-state index is 13.1. The van der Waals surface area contributed by atoms with Crippen molar-refractivity contribution in [1.82, 2.24) is 0 Å². The Kier molecular flexibility index (Phi) is 5.68. The Labute approximate surface area is 160 Å². The van der Waals surface area contributed by atoms with E-state index < -0.39 is 17.7 Å². The maximum atomic E-state index is 13.1. The first-order valence-corrected chi connectivity index (χ1v) is 8.52. The standard InChI is InChI=1S/C22H17F3O3/c23-22(24,25)18-8-4-7-17(13-18)19-11-16(12-21(26)27)9-10-20(19)28-14-15-5-2-1-3-6-15/h1-11,13H,12,14H2,(H,26,27). The zero-order valence-corrected chi connectivity index (χ0v) is 14.7. The van der Waals surface area contributed by atoms with Gasteiger partial charge in [0, 0.05) is 5.56 Å². The molecule has 1 N–H and O–H groups in total. The lowest BCUT2D eigenvalue weighted by atomic mass is 9.98. The van der Waals surface area contributed by atoms with E-state index in [0.717, 1.165) is 17.7 Å². The second-order valence-electron chi connectivity index (χ2n) is 6.25. The lowest BCUT2D eigenvalue weighted by Gasteiger charge is -2.15. The molecule has 0 heterocycles. The van der Waals surface area contributed by atoms with Crippen molar-refractivity contribution in [3.63, 3.8) is 0 Å². The molecule has 0 fully saturated rings.